The number of esters is 1. The summed E-state index contributed by atoms with van der Waals surface area (Å²) >= 11 is 0. The lowest BCUT2D eigenvalue weighted by molar-refractivity contribution is -0.293. The van der Waals surface area contributed by atoms with Crippen LogP contribution in [0, 0.1) is 5.92 Å². The molecule has 10 rings (SSSR count). The van der Waals surface area contributed by atoms with Crippen LogP contribution in [-0.2, 0) is 52.2 Å². The Morgan fingerprint density at radius 3 is 2.38 bits per heavy atom. The van der Waals surface area contributed by atoms with Crippen molar-refractivity contribution in [3.8, 4) is 0 Å². The lowest BCUT2D eigenvalue weighted by Gasteiger charge is -2.47. The van der Waals surface area contributed by atoms with Crippen molar-refractivity contribution in [3.05, 3.63) is 24.3 Å². The van der Waals surface area contributed by atoms with Gasteiger partial charge in [0.25, 0.3) is 0 Å². The van der Waals surface area contributed by atoms with Gasteiger partial charge >= 0.3 is 5.97 Å². The fourth-order valence-electron chi connectivity index (χ4n) is 10.8. The molecule has 290 valence electrons. The second kappa shape index (κ2) is 14.2. The van der Waals surface area contributed by atoms with Gasteiger partial charge in [0, 0.05) is 39.3 Å². The zero-order valence-electron chi connectivity index (χ0n) is 30.5. The minimum atomic E-state index is -0.805. The van der Waals surface area contributed by atoms with Gasteiger partial charge in [0.2, 0.25) is 0 Å². The smallest absolute Gasteiger partial charge is 0.308 e. The Hall–Kier alpha value is -1.49. The van der Waals surface area contributed by atoms with Crippen molar-refractivity contribution in [2.75, 3.05) is 13.7 Å². The number of hydrogen-bond donors (Lipinski definition) is 2. The van der Waals surface area contributed by atoms with Crippen molar-refractivity contribution >= 4 is 5.97 Å². The maximum atomic E-state index is 13.8. The highest BCUT2D eigenvalue weighted by atomic mass is 16.8. The first-order valence-corrected chi connectivity index (χ1v) is 19.9. The van der Waals surface area contributed by atoms with Gasteiger partial charge in [0.05, 0.1) is 61.4 Å². The van der Waals surface area contributed by atoms with Gasteiger partial charge in [-0.05, 0) is 62.0 Å². The van der Waals surface area contributed by atoms with Crippen molar-refractivity contribution in [1.82, 2.24) is 0 Å². The molecule has 10 aliphatic heterocycles. The van der Waals surface area contributed by atoms with Crippen LogP contribution < -0.4 is 5.73 Å². The molecule has 13 nitrogen and oxygen atoms in total. The molecule has 0 saturated carbocycles. The number of carbonyl (C=O) groups excluding carboxylic acids is 1. The van der Waals surface area contributed by atoms with Gasteiger partial charge in [-0.2, -0.15) is 0 Å². The van der Waals surface area contributed by atoms with Crippen molar-refractivity contribution in [2.24, 2.45) is 11.7 Å². The lowest BCUT2D eigenvalue weighted by atomic mass is 9.84. The first-order chi connectivity index (χ1) is 25.1. The third kappa shape index (κ3) is 6.53. The summed E-state index contributed by atoms with van der Waals surface area (Å²) in [6.07, 6.45) is 1.99. The van der Waals surface area contributed by atoms with Crippen molar-refractivity contribution < 1.29 is 57.3 Å². The Labute approximate surface area is 306 Å². The molecule has 10 saturated heterocycles. The second-order valence-electron chi connectivity index (χ2n) is 17.0. The molecular weight excluding hydrogens is 674 g/mol. The monoisotopic (exact) mass is 731 g/mol. The van der Waals surface area contributed by atoms with Crippen molar-refractivity contribution in [1.29, 1.82) is 0 Å². The van der Waals surface area contributed by atoms with Gasteiger partial charge in [-0.25, -0.2) is 0 Å². The van der Waals surface area contributed by atoms with E-state index in [1.54, 1.807) is 7.11 Å². The highest BCUT2D eigenvalue weighted by Crippen LogP contribution is 2.54. The average Bonchev–Trinajstić information content (AvgIpc) is 3.79. The van der Waals surface area contributed by atoms with Crippen LogP contribution in [-0.4, -0.2) is 134 Å². The quantitative estimate of drug-likeness (QED) is 0.322. The number of aliphatic hydroxyl groups excluding tert-OH is 1. The second-order valence-corrected chi connectivity index (χ2v) is 17.0. The Bertz CT molecular complexity index is 1380. The Morgan fingerprint density at radius 2 is 1.56 bits per heavy atom. The summed E-state index contributed by atoms with van der Waals surface area (Å²) in [5.74, 6) is -0.960. The lowest BCUT2D eigenvalue weighted by Crippen LogP contribution is -2.61. The normalized spacial score (nSPS) is 52.2. The van der Waals surface area contributed by atoms with Crippen LogP contribution >= 0.6 is 0 Å². The van der Waals surface area contributed by atoms with Gasteiger partial charge in [0.1, 0.15) is 42.7 Å². The summed E-state index contributed by atoms with van der Waals surface area (Å²) in [5.41, 5.74) is 7.91. The summed E-state index contributed by atoms with van der Waals surface area (Å²) in [6.45, 7) is 11.1. The molecule has 10 fully saturated rings. The number of hydrogen-bond acceptors (Lipinski definition) is 13. The van der Waals surface area contributed by atoms with Crippen LogP contribution in [0.4, 0.5) is 0 Å². The van der Waals surface area contributed by atoms with E-state index in [-0.39, 0.29) is 86.3 Å². The van der Waals surface area contributed by atoms with Crippen LogP contribution in [0.25, 0.3) is 0 Å². The molecule has 3 N–H and O–H groups in total. The molecule has 0 amide bonds. The van der Waals surface area contributed by atoms with Crippen LogP contribution in [0.5, 0.6) is 0 Å². The number of carbonyl (C=O) groups is 1. The molecule has 0 aromatic heterocycles. The third-order valence-electron chi connectivity index (χ3n) is 13.5. The summed E-state index contributed by atoms with van der Waals surface area (Å²) in [7, 11) is 1.58. The molecule has 1 spiro atoms. The molecule has 10 aliphatic rings. The van der Waals surface area contributed by atoms with Crippen molar-refractivity contribution in [3.63, 3.8) is 0 Å². The summed E-state index contributed by atoms with van der Waals surface area (Å²) in [4.78, 5) is 13.8. The molecule has 0 unspecified atom stereocenters. The highest BCUT2D eigenvalue weighted by Gasteiger charge is 2.68. The molecule has 0 aromatic rings. The van der Waals surface area contributed by atoms with E-state index < -0.39 is 54.5 Å². The van der Waals surface area contributed by atoms with Crippen LogP contribution in [0.15, 0.2) is 24.3 Å². The van der Waals surface area contributed by atoms with Gasteiger partial charge in [-0.15, -0.1) is 0 Å². The first-order valence-electron chi connectivity index (χ1n) is 19.9. The van der Waals surface area contributed by atoms with Gasteiger partial charge < -0.3 is 58.2 Å². The molecule has 52 heavy (non-hydrogen) atoms. The fourth-order valence-corrected chi connectivity index (χ4v) is 10.8. The van der Waals surface area contributed by atoms with E-state index in [1.165, 1.54) is 0 Å². The number of rotatable bonds is 4. The zero-order chi connectivity index (χ0) is 35.9. The van der Waals surface area contributed by atoms with E-state index in [4.69, 9.17) is 53.1 Å². The SMILES string of the molecule is C=C1C[C@@H]2CC[C@@]34C[C@H]5O[C@H]6[C@@H](O3)[C@H]3O[C@H](CC[C@@H]3O[C@H]6[C@H]5O4)CC(=O)O[C@@H]3[C@@H](OC)[C@@H](C[C@H](O)CN)O[C@H]3C[C@H]3O[C@@H](CC[C@@H]1O2)C[C@@H](C)C3=C. The third-order valence-corrected chi connectivity index (χ3v) is 13.5. The van der Waals surface area contributed by atoms with Crippen LogP contribution in [0.2, 0.25) is 0 Å². The van der Waals surface area contributed by atoms with Gasteiger partial charge in [-0.3, -0.25) is 4.79 Å². The summed E-state index contributed by atoms with van der Waals surface area (Å²) in [5, 5.41) is 10.5. The summed E-state index contributed by atoms with van der Waals surface area (Å²) in [6, 6.07) is 0. The molecule has 19 atom stereocenters. The van der Waals surface area contributed by atoms with E-state index >= 15 is 0 Å². The Morgan fingerprint density at radius 1 is 0.808 bits per heavy atom. The van der Waals surface area contributed by atoms with E-state index in [9.17, 15) is 9.90 Å². The minimum Gasteiger partial charge on any atom is -0.457 e. The Kier molecular flexibility index (Phi) is 9.89. The maximum absolute atomic E-state index is 13.8. The highest BCUT2D eigenvalue weighted by molar-refractivity contribution is 5.70. The minimum absolute atomic E-state index is 0.00433. The predicted molar refractivity (Wildman–Crippen MR) is 183 cm³/mol. The largest absolute Gasteiger partial charge is 0.457 e. The van der Waals surface area contributed by atoms with E-state index in [0.29, 0.717) is 25.7 Å². The number of ether oxygens (including phenoxy) is 10. The standard InChI is InChI=1S/C39H57NO12/c1-18-11-22-5-7-25-19(2)12-24(44-25)9-10-39-16-30-35(51-39)36-37(49-30)38(52-39)33-26(48-36)8-6-23(46-33)14-31(42)50-34-29(15-27(45-22)20(18)3)47-28(32(34)43-4)13-21(41)17-40/h18,21-30,32-38,41H,2-3,5-17,40H2,1,4H3/t18-,21+,22+,23-,24+,25+,26+,27-,28-,29+,30-,32+,33+,34+,35+,36+,37-,38+,39+/m1/s1. The number of methoxy groups -OCH3 is 1. The molecule has 0 aromatic carbocycles. The zero-order valence-corrected chi connectivity index (χ0v) is 30.5. The predicted octanol–water partition coefficient (Wildman–Crippen LogP) is 2.77. The topological polar surface area (TPSA) is 156 Å². The number of aliphatic hydroxyl groups is 1. The van der Waals surface area contributed by atoms with Gasteiger partial charge in [0.15, 0.2) is 11.9 Å². The fraction of sp³-hybridized carbons (Fsp3) is 0.872. The maximum Gasteiger partial charge on any atom is 0.308 e. The molecule has 13 heteroatoms. The van der Waals surface area contributed by atoms with Crippen LogP contribution in [0.1, 0.15) is 84.0 Å². The molecular formula is C39H57NO12. The number of nitrogens with two attached hydrogens (primary N) is 1. The molecule has 12 bridgehead atoms. The van der Waals surface area contributed by atoms with E-state index in [2.05, 4.69) is 20.1 Å². The summed E-state index contributed by atoms with van der Waals surface area (Å²) < 4.78 is 65.8. The first kappa shape index (κ1) is 36.2. The molecule has 10 heterocycles. The van der Waals surface area contributed by atoms with E-state index in [1.807, 2.05) is 0 Å². The number of fused-ring (bicyclic) bond motifs is 6. The molecule has 0 radical (unpaired) electrons. The van der Waals surface area contributed by atoms with Crippen molar-refractivity contribution in [2.45, 2.75) is 194 Å². The van der Waals surface area contributed by atoms with Gasteiger partial charge in [-0.1, -0.05) is 20.1 Å². The van der Waals surface area contributed by atoms with Crippen LogP contribution in [0.3, 0.4) is 0 Å². The average molecular weight is 732 g/mol. The molecule has 0 aliphatic carbocycles. The van der Waals surface area contributed by atoms with E-state index in [0.717, 1.165) is 49.7 Å². The Balaban J connectivity index is 0.994.